The van der Waals surface area contributed by atoms with Crippen LogP contribution < -0.4 is 10.6 Å². The summed E-state index contributed by atoms with van der Waals surface area (Å²) in [4.78, 5) is 41.7. The summed E-state index contributed by atoms with van der Waals surface area (Å²) in [7, 11) is 1.31. The van der Waals surface area contributed by atoms with Crippen LogP contribution in [0.2, 0.25) is 0 Å². The number of rotatable bonds is 5. The van der Waals surface area contributed by atoms with E-state index in [1.165, 1.54) is 7.11 Å². The van der Waals surface area contributed by atoms with E-state index in [-0.39, 0.29) is 24.5 Å². The molecule has 3 aromatic rings. The molecule has 2 aliphatic heterocycles. The van der Waals surface area contributed by atoms with Crippen LogP contribution >= 0.6 is 0 Å². The van der Waals surface area contributed by atoms with Crippen LogP contribution in [0.25, 0.3) is 11.0 Å². The van der Waals surface area contributed by atoms with Gasteiger partial charge >= 0.3 is 18.0 Å². The number of aromatic nitrogens is 3. The van der Waals surface area contributed by atoms with Gasteiger partial charge in [-0.25, -0.2) is 14.4 Å². The van der Waals surface area contributed by atoms with Gasteiger partial charge in [-0.3, -0.25) is 0 Å². The lowest BCUT2D eigenvalue weighted by molar-refractivity contribution is -0.142. The number of fused-ring (bicyclic) bond motifs is 2. The molecule has 1 fully saturated rings. The number of carbonyl (C=O) groups excluding carboxylic acids is 3. The Kier molecular flexibility index (Phi) is 6.45. The Morgan fingerprint density at radius 3 is 2.75 bits per heavy atom. The summed E-state index contributed by atoms with van der Waals surface area (Å²) in [5.41, 5.74) is 5.18. The lowest BCUT2D eigenvalue weighted by Gasteiger charge is -2.40. The SMILES string of the molecule is COC(=O)[C@@H](Cc1cc(C)c2n[nH]nc2c1)NC(=O)N1CCC(N2Cc3ccccc3NC2=O)CC1. The number of hydrogen-bond acceptors (Lipinski definition) is 6. The van der Waals surface area contributed by atoms with Crippen LogP contribution in [0.1, 0.15) is 29.5 Å². The first kappa shape index (κ1) is 23.6. The smallest absolute Gasteiger partial charge is 0.328 e. The lowest BCUT2D eigenvalue weighted by Crippen LogP contribution is -2.54. The number of methoxy groups -OCH3 is 1. The van der Waals surface area contributed by atoms with E-state index >= 15 is 0 Å². The Morgan fingerprint density at radius 2 is 1.97 bits per heavy atom. The Labute approximate surface area is 208 Å². The molecule has 5 rings (SSSR count). The van der Waals surface area contributed by atoms with E-state index in [1.54, 1.807) is 4.90 Å². The highest BCUT2D eigenvalue weighted by atomic mass is 16.5. The van der Waals surface area contributed by atoms with Gasteiger partial charge < -0.3 is 25.2 Å². The van der Waals surface area contributed by atoms with Crippen molar-refractivity contribution in [3.05, 3.63) is 53.1 Å². The molecule has 11 heteroatoms. The summed E-state index contributed by atoms with van der Waals surface area (Å²) in [5, 5.41) is 16.7. The van der Waals surface area contributed by atoms with Crippen LogP contribution in [-0.2, 0) is 22.5 Å². The number of piperidine rings is 1. The number of aryl methyl sites for hydroxylation is 1. The second-order valence-corrected chi connectivity index (χ2v) is 9.27. The second kappa shape index (κ2) is 9.84. The monoisotopic (exact) mass is 491 g/mol. The zero-order valence-corrected chi connectivity index (χ0v) is 20.3. The maximum Gasteiger partial charge on any atom is 0.328 e. The maximum absolute atomic E-state index is 13.1. The van der Waals surface area contributed by atoms with Gasteiger partial charge in [0.25, 0.3) is 0 Å². The van der Waals surface area contributed by atoms with E-state index in [2.05, 4.69) is 26.0 Å². The predicted octanol–water partition coefficient (Wildman–Crippen LogP) is 2.57. The summed E-state index contributed by atoms with van der Waals surface area (Å²) in [5.74, 6) is -0.514. The number of ether oxygens (including phenoxy) is 1. The number of nitrogens with zero attached hydrogens (tertiary/aromatic N) is 4. The number of carbonyl (C=O) groups is 3. The van der Waals surface area contributed by atoms with Crippen LogP contribution in [0.4, 0.5) is 15.3 Å². The second-order valence-electron chi connectivity index (χ2n) is 9.27. The standard InChI is InChI=1S/C25H29N7O4/c1-15-11-16(12-20-22(15)29-30-28-20)13-21(23(33)36-2)27-24(34)31-9-7-18(8-10-31)32-14-17-5-3-4-6-19(17)26-25(32)35/h3-6,11-12,18,21H,7-10,13-14H2,1-2H3,(H,26,35)(H,27,34)(H,28,29,30)/t21-/m1/s1. The highest BCUT2D eigenvalue weighted by Gasteiger charge is 2.33. The molecule has 2 aliphatic rings. The van der Waals surface area contributed by atoms with Crippen LogP contribution in [0.15, 0.2) is 36.4 Å². The molecular formula is C25H29N7O4. The summed E-state index contributed by atoms with van der Waals surface area (Å²) >= 11 is 0. The third kappa shape index (κ3) is 4.68. The summed E-state index contributed by atoms with van der Waals surface area (Å²) in [6.45, 7) is 3.45. The zero-order valence-electron chi connectivity index (χ0n) is 20.3. The quantitative estimate of drug-likeness (QED) is 0.470. The molecule has 3 N–H and O–H groups in total. The van der Waals surface area contributed by atoms with Gasteiger partial charge in [0.15, 0.2) is 0 Å². The fraction of sp³-hybridized carbons (Fsp3) is 0.400. The van der Waals surface area contributed by atoms with Gasteiger partial charge in [0, 0.05) is 37.8 Å². The number of urea groups is 2. The fourth-order valence-corrected chi connectivity index (χ4v) is 5.02. The third-order valence-corrected chi connectivity index (χ3v) is 6.95. The highest BCUT2D eigenvalue weighted by Crippen LogP contribution is 2.27. The average molecular weight is 492 g/mol. The first-order valence-electron chi connectivity index (χ1n) is 12.0. The summed E-state index contributed by atoms with van der Waals surface area (Å²) < 4.78 is 4.96. The van der Waals surface area contributed by atoms with E-state index in [9.17, 15) is 14.4 Å². The van der Waals surface area contributed by atoms with Crippen LogP contribution in [-0.4, -0.2) is 75.5 Å². The molecule has 11 nitrogen and oxygen atoms in total. The van der Waals surface area contributed by atoms with Crippen LogP contribution in [0, 0.1) is 6.92 Å². The van der Waals surface area contributed by atoms with Crippen LogP contribution in [0.5, 0.6) is 0 Å². The molecule has 0 bridgehead atoms. The maximum atomic E-state index is 13.1. The Hall–Kier alpha value is -4.15. The molecule has 1 atom stereocenters. The molecule has 0 radical (unpaired) electrons. The van der Waals surface area contributed by atoms with Crippen molar-refractivity contribution >= 4 is 34.8 Å². The average Bonchev–Trinajstić information content (AvgIpc) is 3.37. The number of anilines is 1. The topological polar surface area (TPSA) is 133 Å². The van der Waals surface area contributed by atoms with E-state index in [1.807, 2.05) is 48.2 Å². The minimum absolute atomic E-state index is 0.0379. The molecule has 1 aromatic heterocycles. The summed E-state index contributed by atoms with van der Waals surface area (Å²) in [6.07, 6.45) is 1.59. The highest BCUT2D eigenvalue weighted by molar-refractivity contribution is 5.92. The minimum atomic E-state index is -0.839. The number of aromatic amines is 1. The molecule has 4 amide bonds. The Morgan fingerprint density at radius 1 is 1.19 bits per heavy atom. The first-order valence-corrected chi connectivity index (χ1v) is 12.0. The number of para-hydroxylation sites is 1. The predicted molar refractivity (Wildman–Crippen MR) is 132 cm³/mol. The number of likely N-dealkylation sites (tertiary alicyclic amines) is 1. The van der Waals surface area contributed by atoms with Crippen molar-refractivity contribution in [3.63, 3.8) is 0 Å². The van der Waals surface area contributed by atoms with E-state index < -0.39 is 12.0 Å². The van der Waals surface area contributed by atoms with Crippen molar-refractivity contribution in [2.45, 2.75) is 44.8 Å². The van der Waals surface area contributed by atoms with Crippen LogP contribution in [0.3, 0.4) is 0 Å². The van der Waals surface area contributed by atoms with Gasteiger partial charge in [0.1, 0.15) is 17.1 Å². The fourth-order valence-electron chi connectivity index (χ4n) is 5.02. The van der Waals surface area contributed by atoms with Gasteiger partial charge in [-0.2, -0.15) is 15.4 Å². The molecule has 2 aromatic carbocycles. The minimum Gasteiger partial charge on any atom is -0.467 e. The number of nitrogens with one attached hydrogen (secondary N) is 3. The van der Waals surface area contributed by atoms with Gasteiger partial charge in [-0.05, 0) is 48.6 Å². The first-order chi connectivity index (χ1) is 17.4. The molecule has 3 heterocycles. The number of esters is 1. The van der Waals surface area contributed by atoms with Gasteiger partial charge in [-0.15, -0.1) is 0 Å². The largest absolute Gasteiger partial charge is 0.467 e. The molecule has 1 saturated heterocycles. The molecule has 0 aliphatic carbocycles. The van der Waals surface area contributed by atoms with E-state index in [4.69, 9.17) is 4.74 Å². The number of amides is 4. The molecule has 0 unspecified atom stereocenters. The number of benzene rings is 2. The van der Waals surface area contributed by atoms with Crippen molar-refractivity contribution in [2.24, 2.45) is 0 Å². The van der Waals surface area contributed by atoms with E-state index in [0.717, 1.165) is 27.9 Å². The van der Waals surface area contributed by atoms with E-state index in [0.29, 0.717) is 38.0 Å². The van der Waals surface area contributed by atoms with Crippen molar-refractivity contribution in [2.75, 3.05) is 25.5 Å². The lowest BCUT2D eigenvalue weighted by atomic mass is 10.0. The number of H-pyrrole nitrogens is 1. The van der Waals surface area contributed by atoms with Crippen molar-refractivity contribution in [3.8, 4) is 0 Å². The third-order valence-electron chi connectivity index (χ3n) is 6.95. The number of hydrogen-bond donors (Lipinski definition) is 3. The zero-order chi connectivity index (χ0) is 25.2. The molecule has 0 spiro atoms. The van der Waals surface area contributed by atoms with Crippen molar-refractivity contribution in [1.29, 1.82) is 0 Å². The van der Waals surface area contributed by atoms with Gasteiger partial charge in [0.05, 0.1) is 7.11 Å². The van der Waals surface area contributed by atoms with Crippen molar-refractivity contribution < 1.29 is 19.1 Å². The molecule has 188 valence electrons. The Balaban J connectivity index is 1.20. The Bertz CT molecular complexity index is 1300. The normalized spacial score (nSPS) is 16.9. The van der Waals surface area contributed by atoms with Gasteiger partial charge in [0.2, 0.25) is 0 Å². The van der Waals surface area contributed by atoms with Crippen molar-refractivity contribution in [1.82, 2.24) is 30.5 Å². The molecule has 0 saturated carbocycles. The molecule has 36 heavy (non-hydrogen) atoms. The van der Waals surface area contributed by atoms with Gasteiger partial charge in [-0.1, -0.05) is 24.3 Å². The summed E-state index contributed by atoms with van der Waals surface area (Å²) in [6, 6.07) is 10.3. The molecular weight excluding hydrogens is 462 g/mol.